The number of halogens is 3. The van der Waals surface area contributed by atoms with Crippen molar-refractivity contribution >= 4 is 11.6 Å². The Morgan fingerprint density at radius 2 is 2.23 bits per heavy atom. The summed E-state index contributed by atoms with van der Waals surface area (Å²) in [7, 11) is 0. The molecule has 0 aliphatic rings. The molecule has 1 rings (SSSR count). The molecule has 0 unspecified atom stereocenters. The summed E-state index contributed by atoms with van der Waals surface area (Å²) in [6.45, 7) is 1.55. The molecule has 0 aliphatic carbocycles. The van der Waals surface area contributed by atoms with E-state index in [1.807, 2.05) is 0 Å². The summed E-state index contributed by atoms with van der Waals surface area (Å²) in [6, 6.07) is 2.83. The maximum absolute atomic E-state index is 12.2. The van der Waals surface area contributed by atoms with Crippen LogP contribution in [-0.4, -0.2) is 4.98 Å². The number of nitriles is 1. The van der Waals surface area contributed by atoms with Crippen LogP contribution in [0.3, 0.4) is 0 Å². The van der Waals surface area contributed by atoms with Crippen molar-refractivity contribution in [2.45, 2.75) is 13.3 Å². The maximum Gasteiger partial charge on any atom is 0.280 e. The minimum absolute atomic E-state index is 0.131. The van der Waals surface area contributed by atoms with Gasteiger partial charge < -0.3 is 0 Å². The van der Waals surface area contributed by atoms with E-state index in [-0.39, 0.29) is 10.7 Å². The molecule has 1 aromatic heterocycles. The Hall–Kier alpha value is -1.21. The van der Waals surface area contributed by atoms with Crippen molar-refractivity contribution in [1.29, 1.82) is 5.26 Å². The van der Waals surface area contributed by atoms with Crippen molar-refractivity contribution in [3.8, 4) is 6.07 Å². The summed E-state index contributed by atoms with van der Waals surface area (Å²) < 4.78 is 24.4. The van der Waals surface area contributed by atoms with Crippen LogP contribution in [0.5, 0.6) is 0 Å². The van der Waals surface area contributed by atoms with Gasteiger partial charge in [-0.3, -0.25) is 0 Å². The Morgan fingerprint density at radius 3 is 2.69 bits per heavy atom. The summed E-state index contributed by atoms with van der Waals surface area (Å²) in [5.41, 5.74) is -0.140. The second kappa shape index (κ2) is 3.67. The van der Waals surface area contributed by atoms with Crippen LogP contribution >= 0.6 is 11.6 Å². The molecule has 2 nitrogen and oxygen atoms in total. The van der Waals surface area contributed by atoms with Gasteiger partial charge in [-0.2, -0.15) is 5.26 Å². The number of aryl methyl sites for hydroxylation is 1. The molecule has 0 aliphatic heterocycles. The third kappa shape index (κ3) is 1.93. The van der Waals surface area contributed by atoms with E-state index in [2.05, 4.69) is 4.98 Å². The zero-order valence-corrected chi connectivity index (χ0v) is 7.44. The van der Waals surface area contributed by atoms with E-state index in [4.69, 9.17) is 16.9 Å². The Balaban J connectivity index is 3.32. The number of nitrogens with zero attached hydrogens (tertiary/aromatic N) is 2. The highest BCUT2D eigenvalue weighted by Gasteiger charge is 2.13. The van der Waals surface area contributed by atoms with E-state index in [9.17, 15) is 8.78 Å². The van der Waals surface area contributed by atoms with Crippen LogP contribution < -0.4 is 0 Å². The van der Waals surface area contributed by atoms with Gasteiger partial charge in [0.25, 0.3) is 6.43 Å². The average molecular weight is 203 g/mol. The predicted molar refractivity (Wildman–Crippen MR) is 43.7 cm³/mol. The molecule has 0 radical (unpaired) electrons. The van der Waals surface area contributed by atoms with Gasteiger partial charge in [-0.15, -0.1) is 0 Å². The number of aromatic nitrogens is 1. The Morgan fingerprint density at radius 1 is 1.62 bits per heavy atom. The fourth-order valence-corrected chi connectivity index (χ4v) is 1.01. The minimum atomic E-state index is -2.68. The number of pyridine rings is 1. The fourth-order valence-electron chi connectivity index (χ4n) is 0.868. The Labute approximate surface area is 78.8 Å². The normalized spacial score (nSPS) is 10.2. The second-order valence-electron chi connectivity index (χ2n) is 2.44. The van der Waals surface area contributed by atoms with Gasteiger partial charge in [-0.25, -0.2) is 13.8 Å². The van der Waals surface area contributed by atoms with Gasteiger partial charge in [0.05, 0.1) is 5.02 Å². The van der Waals surface area contributed by atoms with E-state index < -0.39 is 12.1 Å². The van der Waals surface area contributed by atoms with Crippen LogP contribution in [-0.2, 0) is 0 Å². The maximum atomic E-state index is 12.2. The molecular weight excluding hydrogens is 198 g/mol. The number of hydrogen-bond acceptors (Lipinski definition) is 2. The molecule has 0 atom stereocenters. The molecule has 0 saturated carbocycles. The summed E-state index contributed by atoms with van der Waals surface area (Å²) in [6.07, 6.45) is -2.68. The fraction of sp³-hybridized carbons (Fsp3) is 0.250. The average Bonchev–Trinajstić information content (AvgIpc) is 2.09. The Bertz CT molecular complexity index is 371. The van der Waals surface area contributed by atoms with Crippen molar-refractivity contribution in [1.82, 2.24) is 4.98 Å². The summed E-state index contributed by atoms with van der Waals surface area (Å²) in [5.74, 6) is 0. The van der Waals surface area contributed by atoms with Gasteiger partial charge in [-0.05, 0) is 18.6 Å². The lowest BCUT2D eigenvalue weighted by atomic mass is 10.2. The highest BCUT2D eigenvalue weighted by molar-refractivity contribution is 6.32. The first-order chi connectivity index (χ1) is 6.06. The smallest absolute Gasteiger partial charge is 0.235 e. The predicted octanol–water partition coefficient (Wildman–Crippen LogP) is 2.85. The number of hydrogen-bond donors (Lipinski definition) is 0. The molecule has 5 heteroatoms. The van der Waals surface area contributed by atoms with Crippen molar-refractivity contribution in [2.75, 3.05) is 0 Å². The van der Waals surface area contributed by atoms with Crippen molar-refractivity contribution in [3.63, 3.8) is 0 Å². The number of rotatable bonds is 1. The van der Waals surface area contributed by atoms with E-state index >= 15 is 0 Å². The van der Waals surface area contributed by atoms with Crippen LogP contribution in [0.15, 0.2) is 6.07 Å². The molecule has 13 heavy (non-hydrogen) atoms. The molecule has 1 aromatic rings. The summed E-state index contributed by atoms with van der Waals surface area (Å²) in [5, 5.41) is 8.64. The van der Waals surface area contributed by atoms with Crippen LogP contribution in [0, 0.1) is 18.3 Å². The standard InChI is InChI=1S/C8H5ClF2N2/c1-4-2-5(8(10)11)13-6(3-12)7(4)9/h2,8H,1H3. The monoisotopic (exact) mass is 202 g/mol. The largest absolute Gasteiger partial charge is 0.280 e. The van der Waals surface area contributed by atoms with Gasteiger partial charge >= 0.3 is 0 Å². The lowest BCUT2D eigenvalue weighted by Gasteiger charge is -2.03. The van der Waals surface area contributed by atoms with Gasteiger partial charge in [0.15, 0.2) is 5.69 Å². The molecule has 0 amide bonds. The lowest BCUT2D eigenvalue weighted by molar-refractivity contribution is 0.146. The van der Waals surface area contributed by atoms with Crippen LogP contribution in [0.1, 0.15) is 23.4 Å². The molecule has 68 valence electrons. The molecule has 0 aromatic carbocycles. The van der Waals surface area contributed by atoms with Crippen LogP contribution in [0.25, 0.3) is 0 Å². The van der Waals surface area contributed by atoms with Crippen LogP contribution in [0.2, 0.25) is 5.02 Å². The van der Waals surface area contributed by atoms with Gasteiger partial charge in [0, 0.05) is 0 Å². The van der Waals surface area contributed by atoms with Crippen molar-refractivity contribution < 1.29 is 8.78 Å². The zero-order valence-electron chi connectivity index (χ0n) is 6.68. The molecule has 1 heterocycles. The Kier molecular flexibility index (Phi) is 2.79. The van der Waals surface area contributed by atoms with Crippen LogP contribution in [0.4, 0.5) is 8.78 Å². The topological polar surface area (TPSA) is 36.7 Å². The van der Waals surface area contributed by atoms with E-state index in [0.29, 0.717) is 5.56 Å². The first-order valence-electron chi connectivity index (χ1n) is 3.41. The minimum Gasteiger partial charge on any atom is -0.235 e. The second-order valence-corrected chi connectivity index (χ2v) is 2.82. The van der Waals surface area contributed by atoms with Crippen molar-refractivity contribution in [2.24, 2.45) is 0 Å². The quantitative estimate of drug-likeness (QED) is 0.702. The molecule has 0 fully saturated rings. The zero-order chi connectivity index (χ0) is 10.0. The molecular formula is C8H5ClF2N2. The highest BCUT2D eigenvalue weighted by atomic mass is 35.5. The SMILES string of the molecule is Cc1cc(C(F)F)nc(C#N)c1Cl. The lowest BCUT2D eigenvalue weighted by Crippen LogP contribution is -1.96. The first-order valence-corrected chi connectivity index (χ1v) is 3.79. The first kappa shape index (κ1) is 9.87. The molecule has 0 spiro atoms. The third-order valence-electron chi connectivity index (χ3n) is 1.49. The molecule has 0 saturated heterocycles. The molecule has 0 bridgehead atoms. The van der Waals surface area contributed by atoms with E-state index in [1.54, 1.807) is 13.0 Å². The van der Waals surface area contributed by atoms with E-state index in [1.165, 1.54) is 6.07 Å². The van der Waals surface area contributed by atoms with Gasteiger partial charge in [0.1, 0.15) is 11.8 Å². The number of alkyl halides is 2. The van der Waals surface area contributed by atoms with Gasteiger partial charge in [0.2, 0.25) is 0 Å². The third-order valence-corrected chi connectivity index (χ3v) is 1.97. The summed E-state index contributed by atoms with van der Waals surface area (Å²) in [4.78, 5) is 3.41. The van der Waals surface area contributed by atoms with Crippen molar-refractivity contribution in [3.05, 3.63) is 28.0 Å². The summed E-state index contributed by atoms with van der Waals surface area (Å²) >= 11 is 5.64. The van der Waals surface area contributed by atoms with Gasteiger partial charge in [-0.1, -0.05) is 11.6 Å². The highest BCUT2D eigenvalue weighted by Crippen LogP contribution is 2.24. The van der Waals surface area contributed by atoms with E-state index in [0.717, 1.165) is 0 Å². The molecule has 0 N–H and O–H groups in total.